The van der Waals surface area contributed by atoms with Gasteiger partial charge in [0.1, 0.15) is 12.2 Å². The quantitative estimate of drug-likeness (QED) is 0.348. The largest absolute Gasteiger partial charge is 0.388 e. The van der Waals surface area contributed by atoms with Crippen LogP contribution in [0.4, 0.5) is 0 Å². The molecule has 1 rings (SSSR count). The van der Waals surface area contributed by atoms with Crippen LogP contribution in [-0.4, -0.2) is 40.4 Å². The first-order chi connectivity index (χ1) is 3.72. The molecule has 3 unspecified atom stereocenters. The third-order valence-corrected chi connectivity index (χ3v) is 1.12. The van der Waals surface area contributed by atoms with Crippen LogP contribution in [0.1, 0.15) is 0 Å². The van der Waals surface area contributed by atoms with Crippen molar-refractivity contribution in [1.29, 1.82) is 0 Å². The smallest absolute Gasteiger partial charge is 0.183 e. The fourth-order valence-corrected chi connectivity index (χ4v) is 0.584. The first-order valence-corrected chi connectivity index (χ1v) is 2.37. The second kappa shape index (κ2) is 1.99. The molecule has 1 aliphatic rings. The molecular formula is C4H8O4. The summed E-state index contributed by atoms with van der Waals surface area (Å²) in [4.78, 5) is 0. The molecule has 1 heterocycles. The summed E-state index contributed by atoms with van der Waals surface area (Å²) in [7, 11) is 0. The summed E-state index contributed by atoms with van der Waals surface area (Å²) < 4.78 is 4.43. The minimum Gasteiger partial charge on any atom is -0.388 e. The molecule has 3 N–H and O–H groups in total. The van der Waals surface area contributed by atoms with Gasteiger partial charge in [-0.05, 0) is 0 Å². The Kier molecular flexibility index (Phi) is 1.48. The Morgan fingerprint density at radius 1 is 1.25 bits per heavy atom. The van der Waals surface area contributed by atoms with Gasteiger partial charge in [-0.1, -0.05) is 0 Å². The van der Waals surface area contributed by atoms with E-state index in [1.54, 1.807) is 0 Å². The molecular weight excluding hydrogens is 112 g/mol. The molecule has 0 aromatic heterocycles. The van der Waals surface area contributed by atoms with Gasteiger partial charge < -0.3 is 20.1 Å². The Bertz CT molecular complexity index is 74.1. The van der Waals surface area contributed by atoms with E-state index < -0.39 is 18.5 Å². The molecule has 0 aromatic rings. The van der Waals surface area contributed by atoms with Crippen molar-refractivity contribution in [3.8, 4) is 0 Å². The summed E-state index contributed by atoms with van der Waals surface area (Å²) in [6.45, 7) is 0.0162. The van der Waals surface area contributed by atoms with Crippen molar-refractivity contribution in [2.45, 2.75) is 18.5 Å². The van der Waals surface area contributed by atoms with Crippen molar-refractivity contribution >= 4 is 0 Å². The van der Waals surface area contributed by atoms with Gasteiger partial charge in [-0.3, -0.25) is 0 Å². The highest BCUT2D eigenvalue weighted by molar-refractivity contribution is 4.75. The third-order valence-electron chi connectivity index (χ3n) is 1.12. The summed E-state index contributed by atoms with van der Waals surface area (Å²) in [5.74, 6) is 0. The molecule has 0 saturated carbocycles. The highest BCUT2D eigenvalue weighted by Gasteiger charge is 2.32. The van der Waals surface area contributed by atoms with Crippen LogP contribution in [0.3, 0.4) is 0 Å². The molecule has 0 radical (unpaired) electrons. The van der Waals surface area contributed by atoms with E-state index in [0.717, 1.165) is 0 Å². The average Bonchev–Trinajstić information content (AvgIpc) is 1.98. The van der Waals surface area contributed by atoms with E-state index in [4.69, 9.17) is 15.3 Å². The maximum Gasteiger partial charge on any atom is 0.183 e. The molecule has 1 aliphatic heterocycles. The van der Waals surface area contributed by atoms with E-state index in [1.165, 1.54) is 0 Å². The van der Waals surface area contributed by atoms with E-state index in [2.05, 4.69) is 4.74 Å². The fourth-order valence-electron chi connectivity index (χ4n) is 0.584. The van der Waals surface area contributed by atoms with Crippen LogP contribution in [0.25, 0.3) is 0 Å². The molecule has 0 spiro atoms. The first-order valence-electron chi connectivity index (χ1n) is 2.37. The lowest BCUT2D eigenvalue weighted by molar-refractivity contribution is -0.111. The lowest BCUT2D eigenvalue weighted by Gasteiger charge is -2.06. The molecule has 0 aromatic carbocycles. The van der Waals surface area contributed by atoms with Gasteiger partial charge in [0.15, 0.2) is 6.29 Å². The maximum absolute atomic E-state index is 8.64. The lowest BCUT2D eigenvalue weighted by Crippen LogP contribution is -2.29. The molecule has 3 atom stereocenters. The maximum atomic E-state index is 8.64. The minimum atomic E-state index is -1.20. The average molecular weight is 120 g/mol. The Hall–Kier alpha value is -0.160. The second-order valence-corrected chi connectivity index (χ2v) is 1.78. The summed E-state index contributed by atoms with van der Waals surface area (Å²) in [5.41, 5.74) is 0. The molecule has 0 aliphatic carbocycles. The molecule has 4 nitrogen and oxygen atoms in total. The van der Waals surface area contributed by atoms with Crippen LogP contribution in [0.5, 0.6) is 0 Å². The van der Waals surface area contributed by atoms with Gasteiger partial charge in [0.05, 0.1) is 6.61 Å². The summed E-state index contributed by atoms with van der Waals surface area (Å²) in [6, 6.07) is 0. The zero-order valence-electron chi connectivity index (χ0n) is 4.19. The number of rotatable bonds is 0. The molecule has 0 amide bonds. The van der Waals surface area contributed by atoms with Crippen molar-refractivity contribution in [2.75, 3.05) is 6.61 Å². The van der Waals surface area contributed by atoms with Gasteiger partial charge in [-0.2, -0.15) is 0 Å². The number of aliphatic hydroxyl groups is 3. The number of ether oxygens (including phenoxy) is 1. The van der Waals surface area contributed by atoms with Crippen LogP contribution in [-0.2, 0) is 4.74 Å². The zero-order chi connectivity index (χ0) is 6.15. The molecule has 4 heteroatoms. The molecule has 1 saturated heterocycles. The predicted molar refractivity (Wildman–Crippen MR) is 24.0 cm³/mol. The number of hydrogen-bond acceptors (Lipinski definition) is 4. The van der Waals surface area contributed by atoms with Gasteiger partial charge in [-0.25, -0.2) is 0 Å². The molecule has 8 heavy (non-hydrogen) atoms. The normalized spacial score (nSPS) is 47.6. The van der Waals surface area contributed by atoms with Crippen LogP contribution in [0, 0.1) is 0 Å². The Balaban J connectivity index is 2.44. The van der Waals surface area contributed by atoms with Gasteiger partial charge in [0.25, 0.3) is 0 Å². The lowest BCUT2D eigenvalue weighted by atomic mass is 10.2. The van der Waals surface area contributed by atoms with Gasteiger partial charge in [0, 0.05) is 0 Å². The third kappa shape index (κ3) is 0.830. The Morgan fingerprint density at radius 2 is 1.88 bits per heavy atom. The van der Waals surface area contributed by atoms with Crippen molar-refractivity contribution < 1.29 is 20.1 Å². The molecule has 48 valence electrons. The SMILES string of the molecule is OC1COC(O)C1O. The molecule has 0 bridgehead atoms. The van der Waals surface area contributed by atoms with Crippen LogP contribution < -0.4 is 0 Å². The van der Waals surface area contributed by atoms with E-state index >= 15 is 0 Å². The van der Waals surface area contributed by atoms with Crippen molar-refractivity contribution in [1.82, 2.24) is 0 Å². The van der Waals surface area contributed by atoms with Crippen molar-refractivity contribution in [3.63, 3.8) is 0 Å². The monoisotopic (exact) mass is 120 g/mol. The fraction of sp³-hybridized carbons (Fsp3) is 1.00. The number of aliphatic hydroxyl groups excluding tert-OH is 3. The van der Waals surface area contributed by atoms with Gasteiger partial charge in [0.2, 0.25) is 0 Å². The van der Waals surface area contributed by atoms with Crippen LogP contribution in [0.15, 0.2) is 0 Å². The first kappa shape index (κ1) is 5.97. The van der Waals surface area contributed by atoms with Crippen molar-refractivity contribution in [2.24, 2.45) is 0 Å². The van der Waals surface area contributed by atoms with Crippen molar-refractivity contribution in [3.05, 3.63) is 0 Å². The van der Waals surface area contributed by atoms with Gasteiger partial charge in [-0.15, -0.1) is 0 Å². The summed E-state index contributed by atoms with van der Waals surface area (Å²) in [5, 5.41) is 25.8. The van der Waals surface area contributed by atoms with Crippen LogP contribution >= 0.6 is 0 Å². The second-order valence-electron chi connectivity index (χ2n) is 1.78. The molecule has 1 fully saturated rings. The summed E-state index contributed by atoms with van der Waals surface area (Å²) >= 11 is 0. The predicted octanol–water partition coefficient (Wildman–Crippen LogP) is -1.94. The zero-order valence-corrected chi connectivity index (χ0v) is 4.19. The topological polar surface area (TPSA) is 69.9 Å². The van der Waals surface area contributed by atoms with Crippen LogP contribution in [0.2, 0.25) is 0 Å². The highest BCUT2D eigenvalue weighted by Crippen LogP contribution is 2.10. The summed E-state index contributed by atoms with van der Waals surface area (Å²) in [6.07, 6.45) is -3.26. The standard InChI is InChI=1S/C4H8O4/c5-2-1-8-4(7)3(2)6/h2-7H,1H2. The van der Waals surface area contributed by atoms with E-state index in [9.17, 15) is 0 Å². The van der Waals surface area contributed by atoms with Gasteiger partial charge >= 0.3 is 0 Å². The number of hydrogen-bond donors (Lipinski definition) is 3. The Morgan fingerprint density at radius 3 is 2.00 bits per heavy atom. The minimum absolute atomic E-state index is 0.0162. The van der Waals surface area contributed by atoms with E-state index in [0.29, 0.717) is 0 Å². The van der Waals surface area contributed by atoms with E-state index in [-0.39, 0.29) is 6.61 Å². The Labute approximate surface area is 46.3 Å². The highest BCUT2D eigenvalue weighted by atomic mass is 16.6. The van der Waals surface area contributed by atoms with E-state index in [1.807, 2.05) is 0 Å².